The van der Waals surface area contributed by atoms with E-state index in [1.54, 1.807) is 6.07 Å². The van der Waals surface area contributed by atoms with E-state index in [4.69, 9.17) is 0 Å². The smallest absolute Gasteiger partial charge is 0.133 e. The van der Waals surface area contributed by atoms with Crippen LogP contribution in [0.2, 0.25) is 0 Å². The molecular formula is C17H14F2. The summed E-state index contributed by atoms with van der Waals surface area (Å²) in [6, 6.07) is 11.5. The van der Waals surface area contributed by atoms with Gasteiger partial charge >= 0.3 is 0 Å². The van der Waals surface area contributed by atoms with Crippen molar-refractivity contribution in [3.05, 3.63) is 72.3 Å². The first-order chi connectivity index (χ1) is 9.22. The molecule has 0 heterocycles. The molecule has 0 bridgehead atoms. The third-order valence-electron chi connectivity index (χ3n) is 3.73. The summed E-state index contributed by atoms with van der Waals surface area (Å²) >= 11 is 0. The monoisotopic (exact) mass is 256 g/mol. The number of hydrogen-bond acceptors (Lipinski definition) is 0. The molecule has 2 unspecified atom stereocenters. The molecule has 1 saturated carbocycles. The zero-order valence-electron chi connectivity index (χ0n) is 10.4. The van der Waals surface area contributed by atoms with Crippen LogP contribution in [0.5, 0.6) is 0 Å². The Bertz CT molecular complexity index is 611. The number of rotatable bonds is 3. The maximum Gasteiger partial charge on any atom is 0.133 e. The molecule has 2 heteroatoms. The van der Waals surface area contributed by atoms with Crippen molar-refractivity contribution in [2.75, 3.05) is 0 Å². The lowest BCUT2D eigenvalue weighted by Gasteiger charge is -2.11. The first-order valence-corrected chi connectivity index (χ1v) is 6.38. The van der Waals surface area contributed by atoms with Crippen LogP contribution in [-0.2, 0) is 0 Å². The van der Waals surface area contributed by atoms with Crippen LogP contribution in [-0.4, -0.2) is 0 Å². The lowest BCUT2D eigenvalue weighted by molar-refractivity contribution is 0.589. The predicted molar refractivity (Wildman–Crippen MR) is 72.8 cm³/mol. The maximum absolute atomic E-state index is 13.9. The number of hydrogen-bond donors (Lipinski definition) is 0. The highest BCUT2D eigenvalue weighted by molar-refractivity contribution is 5.70. The highest BCUT2D eigenvalue weighted by atomic mass is 19.1. The molecule has 3 rings (SSSR count). The molecule has 0 saturated heterocycles. The number of benzene rings is 2. The normalized spacial score (nSPS) is 21.2. The summed E-state index contributed by atoms with van der Waals surface area (Å²) in [4.78, 5) is 0. The van der Waals surface area contributed by atoms with Crippen molar-refractivity contribution in [1.82, 2.24) is 0 Å². The van der Waals surface area contributed by atoms with Gasteiger partial charge in [-0.3, -0.25) is 0 Å². The van der Waals surface area contributed by atoms with Crippen molar-refractivity contribution in [1.29, 1.82) is 0 Å². The highest BCUT2D eigenvalue weighted by Crippen LogP contribution is 2.51. The van der Waals surface area contributed by atoms with Gasteiger partial charge in [0, 0.05) is 0 Å². The molecule has 0 N–H and O–H groups in total. The summed E-state index contributed by atoms with van der Waals surface area (Å²) in [6.45, 7) is 3.79. The predicted octanol–water partition coefficient (Wildman–Crippen LogP) is 4.92. The zero-order valence-corrected chi connectivity index (χ0v) is 10.4. The van der Waals surface area contributed by atoms with Crippen molar-refractivity contribution >= 4 is 0 Å². The molecule has 19 heavy (non-hydrogen) atoms. The summed E-state index contributed by atoms with van der Waals surface area (Å²) < 4.78 is 27.8. The first-order valence-electron chi connectivity index (χ1n) is 6.38. The van der Waals surface area contributed by atoms with E-state index in [2.05, 4.69) is 6.58 Å². The van der Waals surface area contributed by atoms with E-state index >= 15 is 0 Å². The van der Waals surface area contributed by atoms with Crippen LogP contribution < -0.4 is 0 Å². The molecule has 2 atom stereocenters. The molecular weight excluding hydrogens is 242 g/mol. The average molecular weight is 256 g/mol. The van der Waals surface area contributed by atoms with E-state index in [0.29, 0.717) is 17.4 Å². The molecule has 2 aromatic carbocycles. The average Bonchev–Trinajstić information content (AvgIpc) is 3.18. The Hall–Kier alpha value is -1.96. The lowest BCUT2D eigenvalue weighted by atomic mass is 9.95. The Balaban J connectivity index is 2.13. The van der Waals surface area contributed by atoms with E-state index in [1.807, 2.05) is 24.3 Å². The van der Waals surface area contributed by atoms with Gasteiger partial charge in [-0.2, -0.15) is 0 Å². The topological polar surface area (TPSA) is 0 Å². The highest BCUT2D eigenvalue weighted by Gasteiger charge is 2.37. The molecule has 0 spiro atoms. The van der Waals surface area contributed by atoms with Gasteiger partial charge in [0.1, 0.15) is 11.6 Å². The molecule has 0 aliphatic heterocycles. The van der Waals surface area contributed by atoms with Gasteiger partial charge < -0.3 is 0 Å². The SMILES string of the molecule is C=CC1CC1c1ccccc1-c1c(F)cccc1F. The fourth-order valence-electron chi connectivity index (χ4n) is 2.64. The Morgan fingerprint density at radius 2 is 1.68 bits per heavy atom. The van der Waals surface area contributed by atoms with Crippen LogP contribution in [0.3, 0.4) is 0 Å². The lowest BCUT2D eigenvalue weighted by Crippen LogP contribution is -1.94. The molecule has 0 nitrogen and oxygen atoms in total. The zero-order chi connectivity index (χ0) is 13.4. The van der Waals surface area contributed by atoms with Gasteiger partial charge in [-0.25, -0.2) is 8.78 Å². The van der Waals surface area contributed by atoms with Crippen molar-refractivity contribution in [3.63, 3.8) is 0 Å². The van der Waals surface area contributed by atoms with Crippen molar-refractivity contribution < 1.29 is 8.78 Å². The van der Waals surface area contributed by atoms with Crippen molar-refractivity contribution in [3.8, 4) is 11.1 Å². The summed E-state index contributed by atoms with van der Waals surface area (Å²) in [5, 5.41) is 0. The minimum absolute atomic E-state index is 0.0767. The molecule has 1 fully saturated rings. The van der Waals surface area contributed by atoms with Gasteiger partial charge in [-0.15, -0.1) is 6.58 Å². The Labute approximate surface area is 111 Å². The van der Waals surface area contributed by atoms with Crippen LogP contribution in [0, 0.1) is 17.6 Å². The van der Waals surface area contributed by atoms with Gasteiger partial charge in [-0.1, -0.05) is 36.4 Å². The second-order valence-electron chi connectivity index (χ2n) is 4.93. The third-order valence-corrected chi connectivity index (χ3v) is 3.73. The fourth-order valence-corrected chi connectivity index (χ4v) is 2.64. The van der Waals surface area contributed by atoms with Crippen molar-refractivity contribution in [2.24, 2.45) is 5.92 Å². The van der Waals surface area contributed by atoms with Crippen LogP contribution in [0.4, 0.5) is 8.78 Å². The van der Waals surface area contributed by atoms with Crippen LogP contribution >= 0.6 is 0 Å². The first kappa shape index (κ1) is 12.1. The van der Waals surface area contributed by atoms with E-state index < -0.39 is 11.6 Å². The minimum atomic E-state index is -0.511. The number of halogens is 2. The van der Waals surface area contributed by atoms with Crippen LogP contribution in [0.25, 0.3) is 11.1 Å². The Morgan fingerprint density at radius 3 is 2.32 bits per heavy atom. The maximum atomic E-state index is 13.9. The Kier molecular flexibility index (Phi) is 2.94. The minimum Gasteiger partial charge on any atom is -0.206 e. The van der Waals surface area contributed by atoms with Crippen molar-refractivity contribution in [2.45, 2.75) is 12.3 Å². The van der Waals surface area contributed by atoms with Gasteiger partial charge in [0.2, 0.25) is 0 Å². The van der Waals surface area contributed by atoms with Gasteiger partial charge in [0.05, 0.1) is 5.56 Å². The van der Waals surface area contributed by atoms with Crippen LogP contribution in [0.15, 0.2) is 55.1 Å². The van der Waals surface area contributed by atoms with Gasteiger partial charge in [0.25, 0.3) is 0 Å². The third kappa shape index (κ3) is 2.07. The van der Waals surface area contributed by atoms with E-state index in [-0.39, 0.29) is 5.56 Å². The van der Waals surface area contributed by atoms with Gasteiger partial charge in [-0.05, 0) is 41.5 Å². The molecule has 2 aromatic rings. The summed E-state index contributed by atoms with van der Waals surface area (Å²) in [5.41, 5.74) is 1.75. The van der Waals surface area contributed by atoms with Crippen LogP contribution in [0.1, 0.15) is 17.9 Å². The van der Waals surface area contributed by atoms with E-state index in [1.165, 1.54) is 18.2 Å². The second kappa shape index (κ2) is 4.61. The van der Waals surface area contributed by atoms with E-state index in [0.717, 1.165) is 12.0 Å². The summed E-state index contributed by atoms with van der Waals surface area (Å²) in [6.07, 6.45) is 2.93. The molecule has 96 valence electrons. The Morgan fingerprint density at radius 1 is 1.00 bits per heavy atom. The fraction of sp³-hybridized carbons (Fsp3) is 0.176. The molecule has 0 amide bonds. The quantitative estimate of drug-likeness (QED) is 0.684. The largest absolute Gasteiger partial charge is 0.206 e. The standard InChI is InChI=1S/C17H14F2/c1-2-11-10-14(11)12-6-3-4-7-13(12)17-15(18)8-5-9-16(17)19/h2-9,11,14H,1,10H2. The molecule has 1 aliphatic rings. The van der Waals surface area contributed by atoms with Gasteiger partial charge in [0.15, 0.2) is 0 Å². The molecule has 1 aliphatic carbocycles. The van der Waals surface area contributed by atoms with E-state index in [9.17, 15) is 8.78 Å². The molecule has 0 aromatic heterocycles. The second-order valence-corrected chi connectivity index (χ2v) is 4.93. The summed E-state index contributed by atoms with van der Waals surface area (Å²) in [7, 11) is 0. The number of allylic oxidation sites excluding steroid dienone is 1. The summed E-state index contributed by atoms with van der Waals surface area (Å²) in [5.74, 6) is -0.254. The molecule has 0 radical (unpaired) electrons.